The first-order valence-electron chi connectivity index (χ1n) is 8.01. The Morgan fingerprint density at radius 2 is 1.26 bits per heavy atom. The van der Waals surface area contributed by atoms with Crippen LogP contribution in [-0.4, -0.2) is 18.8 Å². The van der Waals surface area contributed by atoms with Crippen LogP contribution in [0.2, 0.25) is 0 Å². The molecule has 0 aromatic heterocycles. The van der Waals surface area contributed by atoms with Gasteiger partial charge in [-0.3, -0.25) is 0 Å². The van der Waals surface area contributed by atoms with Crippen LogP contribution in [-0.2, 0) is 9.84 Å². The lowest BCUT2D eigenvalue weighted by Gasteiger charge is -2.23. The molecule has 3 rings (SSSR count). The maximum Gasteiger partial charge on any atom is 0.379 e. The van der Waals surface area contributed by atoms with E-state index in [1.165, 1.54) is 36.4 Å². The zero-order valence-electron chi connectivity index (χ0n) is 14.0. The molecule has 3 aromatic rings. The van der Waals surface area contributed by atoms with Gasteiger partial charge in [-0.15, -0.1) is 0 Å². The minimum absolute atomic E-state index is 0.185. The highest BCUT2D eigenvalue weighted by atomic mass is 32.2. The van der Waals surface area contributed by atoms with Crippen molar-refractivity contribution >= 4 is 9.84 Å². The summed E-state index contributed by atoms with van der Waals surface area (Å²) in [5.74, 6) is 0.824. The predicted octanol–water partition coefficient (Wildman–Crippen LogP) is 4.58. The second-order valence-corrected chi connectivity index (χ2v) is 7.79. The Kier molecular flexibility index (Phi) is 5.25. The number of hydrogen-bond donors (Lipinski definition) is 1. The van der Waals surface area contributed by atoms with Crippen molar-refractivity contribution in [1.82, 2.24) is 0 Å². The molecule has 7 heteroatoms. The molecule has 140 valence electrons. The molecule has 0 fully saturated rings. The van der Waals surface area contributed by atoms with Gasteiger partial charge in [0.2, 0.25) is 9.84 Å². The molecule has 27 heavy (non-hydrogen) atoms. The normalized spacial score (nSPS) is 13.1. The first-order chi connectivity index (χ1) is 12.8. The summed E-state index contributed by atoms with van der Waals surface area (Å²) in [5, 5.41) is 5.55. The molecule has 4 nitrogen and oxygen atoms in total. The van der Waals surface area contributed by atoms with E-state index in [4.69, 9.17) is 4.74 Å². The molecule has 0 radical (unpaired) electrons. The molecule has 1 N–H and O–H groups in total. The second-order valence-electron chi connectivity index (χ2n) is 5.76. The lowest BCUT2D eigenvalue weighted by atomic mass is 10.1. The van der Waals surface area contributed by atoms with E-state index >= 15 is 0 Å². The summed E-state index contributed by atoms with van der Waals surface area (Å²) in [6, 6.07) is 20.3. The quantitative estimate of drug-likeness (QED) is 0.669. The van der Waals surface area contributed by atoms with Gasteiger partial charge in [0.05, 0.1) is 4.90 Å². The lowest BCUT2D eigenvalue weighted by Crippen LogP contribution is -2.35. The van der Waals surface area contributed by atoms with Gasteiger partial charge in [-0.1, -0.05) is 48.5 Å². The fourth-order valence-corrected chi connectivity index (χ4v) is 3.68. The van der Waals surface area contributed by atoms with Gasteiger partial charge in [-0.25, -0.2) is 8.42 Å². The molecule has 0 aliphatic heterocycles. The summed E-state index contributed by atoms with van der Waals surface area (Å²) in [5.41, 5.74) is -0.185. The number of hydrogen-bond acceptors (Lipinski definition) is 4. The van der Waals surface area contributed by atoms with Crippen LogP contribution >= 0.6 is 0 Å². The Morgan fingerprint density at radius 1 is 0.778 bits per heavy atom. The molecular formula is C20H16F2O4S. The fraction of sp³-hybridized carbons (Fsp3) is 0.100. The van der Waals surface area contributed by atoms with Gasteiger partial charge in [0.25, 0.3) is 0 Å². The largest absolute Gasteiger partial charge is 0.457 e. The Balaban J connectivity index is 1.85. The van der Waals surface area contributed by atoms with Crippen molar-refractivity contribution in [3.63, 3.8) is 0 Å². The zero-order valence-corrected chi connectivity index (χ0v) is 14.8. The summed E-state index contributed by atoms with van der Waals surface area (Å²) in [4.78, 5) is -0.608. The van der Waals surface area contributed by atoms with Crippen LogP contribution in [0.15, 0.2) is 89.8 Å². The number of para-hydroxylation sites is 1. The van der Waals surface area contributed by atoms with Crippen LogP contribution in [0.25, 0.3) is 0 Å². The maximum atomic E-state index is 14.5. The molecule has 0 saturated heterocycles. The standard InChI is InChI=1S/C20H16F2O4S/c21-20(22,19(23)15-7-3-1-4-8-15)27(24,25)18-13-11-17(12-14-18)26-16-9-5-2-6-10-16/h1-14,19,23H. The third-order valence-corrected chi connectivity index (χ3v) is 5.74. The number of aliphatic hydroxyl groups excluding tert-OH is 1. The molecule has 0 bridgehead atoms. The average Bonchev–Trinajstić information content (AvgIpc) is 2.69. The van der Waals surface area contributed by atoms with Gasteiger partial charge in [-0.2, -0.15) is 8.78 Å². The molecule has 0 aliphatic carbocycles. The van der Waals surface area contributed by atoms with Crippen LogP contribution in [0, 0.1) is 0 Å². The van der Waals surface area contributed by atoms with Crippen molar-refractivity contribution in [1.29, 1.82) is 0 Å². The van der Waals surface area contributed by atoms with Crippen LogP contribution < -0.4 is 4.74 Å². The predicted molar refractivity (Wildman–Crippen MR) is 96.5 cm³/mol. The Labute approximate surface area is 155 Å². The summed E-state index contributed by atoms with van der Waals surface area (Å²) < 4.78 is 59.4. The minimum Gasteiger partial charge on any atom is -0.457 e. The van der Waals surface area contributed by atoms with E-state index in [1.807, 2.05) is 6.07 Å². The topological polar surface area (TPSA) is 63.6 Å². The van der Waals surface area contributed by atoms with E-state index in [-0.39, 0.29) is 5.56 Å². The summed E-state index contributed by atoms with van der Waals surface area (Å²) in [6.07, 6.45) is -2.48. The van der Waals surface area contributed by atoms with E-state index < -0.39 is 26.1 Å². The molecule has 0 aliphatic rings. The maximum absolute atomic E-state index is 14.5. The number of sulfone groups is 1. The van der Waals surface area contributed by atoms with Crippen LogP contribution in [0.1, 0.15) is 11.7 Å². The molecule has 1 unspecified atom stereocenters. The van der Waals surface area contributed by atoms with E-state index in [1.54, 1.807) is 30.3 Å². The summed E-state index contributed by atoms with van der Waals surface area (Å²) >= 11 is 0. The number of aliphatic hydroxyl groups is 1. The number of benzene rings is 3. The van der Waals surface area contributed by atoms with Crippen molar-refractivity contribution < 1.29 is 27.0 Å². The molecule has 0 amide bonds. The minimum atomic E-state index is -5.11. The molecule has 3 aromatic carbocycles. The Morgan fingerprint density at radius 3 is 1.81 bits per heavy atom. The molecular weight excluding hydrogens is 374 g/mol. The first kappa shape index (κ1) is 19.0. The third-order valence-electron chi connectivity index (χ3n) is 3.90. The van der Waals surface area contributed by atoms with E-state index in [9.17, 15) is 22.3 Å². The van der Waals surface area contributed by atoms with Gasteiger partial charge in [0.15, 0.2) is 6.10 Å². The number of alkyl halides is 2. The highest BCUT2D eigenvalue weighted by molar-refractivity contribution is 7.92. The van der Waals surface area contributed by atoms with Crippen molar-refractivity contribution in [3.8, 4) is 11.5 Å². The van der Waals surface area contributed by atoms with E-state index in [0.717, 1.165) is 12.1 Å². The SMILES string of the molecule is O=S(=O)(c1ccc(Oc2ccccc2)cc1)C(F)(F)C(O)c1ccccc1. The summed E-state index contributed by atoms with van der Waals surface area (Å²) in [7, 11) is -5.11. The number of halogens is 2. The fourth-order valence-electron chi connectivity index (χ4n) is 2.44. The second kappa shape index (κ2) is 7.46. The van der Waals surface area contributed by atoms with Crippen molar-refractivity contribution in [2.75, 3.05) is 0 Å². The smallest absolute Gasteiger partial charge is 0.379 e. The Hall–Kier alpha value is -2.77. The molecule has 0 saturated carbocycles. The zero-order chi connectivity index (χ0) is 19.5. The average molecular weight is 390 g/mol. The highest BCUT2D eigenvalue weighted by Gasteiger charge is 2.53. The van der Waals surface area contributed by atoms with Gasteiger partial charge < -0.3 is 9.84 Å². The first-order valence-corrected chi connectivity index (χ1v) is 9.49. The third kappa shape index (κ3) is 3.84. The van der Waals surface area contributed by atoms with Crippen molar-refractivity contribution in [2.24, 2.45) is 0 Å². The highest BCUT2D eigenvalue weighted by Crippen LogP contribution is 2.40. The van der Waals surface area contributed by atoms with Gasteiger partial charge in [0.1, 0.15) is 11.5 Å². The van der Waals surface area contributed by atoms with Crippen LogP contribution in [0.5, 0.6) is 11.5 Å². The van der Waals surface area contributed by atoms with Crippen LogP contribution in [0.4, 0.5) is 8.78 Å². The number of rotatable bonds is 6. The van der Waals surface area contributed by atoms with Gasteiger partial charge >= 0.3 is 5.25 Å². The van der Waals surface area contributed by atoms with Crippen molar-refractivity contribution in [2.45, 2.75) is 16.3 Å². The van der Waals surface area contributed by atoms with Crippen molar-refractivity contribution in [3.05, 3.63) is 90.5 Å². The van der Waals surface area contributed by atoms with Gasteiger partial charge in [0, 0.05) is 0 Å². The monoisotopic (exact) mass is 390 g/mol. The Bertz CT molecular complexity index is 989. The molecule has 0 spiro atoms. The number of ether oxygens (including phenoxy) is 1. The molecule has 0 heterocycles. The summed E-state index contributed by atoms with van der Waals surface area (Å²) in [6.45, 7) is 0. The lowest BCUT2D eigenvalue weighted by molar-refractivity contribution is -0.0434. The van der Waals surface area contributed by atoms with E-state index in [2.05, 4.69) is 0 Å². The van der Waals surface area contributed by atoms with Crippen LogP contribution in [0.3, 0.4) is 0 Å². The van der Waals surface area contributed by atoms with Gasteiger partial charge in [-0.05, 0) is 42.0 Å². The molecule has 1 atom stereocenters. The van der Waals surface area contributed by atoms with E-state index in [0.29, 0.717) is 11.5 Å².